The zero-order valence-corrected chi connectivity index (χ0v) is 10.3. The minimum atomic E-state index is -0.883. The van der Waals surface area contributed by atoms with Gasteiger partial charge >= 0.3 is 12.0 Å². The first kappa shape index (κ1) is 13.3. The van der Waals surface area contributed by atoms with E-state index in [0.717, 1.165) is 0 Å². The second-order valence-corrected chi connectivity index (χ2v) is 4.81. The highest BCUT2D eigenvalue weighted by molar-refractivity contribution is 6.02. The van der Waals surface area contributed by atoms with E-state index in [1.54, 1.807) is 0 Å². The van der Waals surface area contributed by atoms with Gasteiger partial charge in [0.05, 0.1) is 0 Å². The molecule has 0 spiro atoms. The normalized spacial score (nSPS) is 23.5. The van der Waals surface area contributed by atoms with Gasteiger partial charge in [0.15, 0.2) is 0 Å². The zero-order chi connectivity index (χ0) is 14.0. The van der Waals surface area contributed by atoms with E-state index in [9.17, 15) is 19.2 Å². The molecule has 0 radical (unpaired) electrons. The fraction of sp³-hybridized carbons (Fsp3) is 0.636. The van der Waals surface area contributed by atoms with Gasteiger partial charge < -0.3 is 14.9 Å². The van der Waals surface area contributed by atoms with Crippen LogP contribution in [0.4, 0.5) is 4.79 Å². The summed E-state index contributed by atoms with van der Waals surface area (Å²) in [4.78, 5) is 47.8. The van der Waals surface area contributed by atoms with Crippen molar-refractivity contribution in [1.82, 2.24) is 15.1 Å². The van der Waals surface area contributed by atoms with E-state index in [1.165, 1.54) is 9.80 Å². The molecule has 2 fully saturated rings. The number of carboxylic acids is 1. The lowest BCUT2D eigenvalue weighted by Gasteiger charge is -2.29. The second-order valence-electron chi connectivity index (χ2n) is 4.81. The van der Waals surface area contributed by atoms with Crippen LogP contribution < -0.4 is 5.32 Å². The Morgan fingerprint density at radius 2 is 1.84 bits per heavy atom. The van der Waals surface area contributed by atoms with Crippen LogP contribution in [0.1, 0.15) is 12.8 Å². The van der Waals surface area contributed by atoms with Crippen molar-refractivity contribution in [1.29, 1.82) is 0 Å². The predicted molar refractivity (Wildman–Crippen MR) is 62.1 cm³/mol. The summed E-state index contributed by atoms with van der Waals surface area (Å²) >= 11 is 0. The Morgan fingerprint density at radius 1 is 1.21 bits per heavy atom. The summed E-state index contributed by atoms with van der Waals surface area (Å²) in [5.41, 5.74) is 0. The average Bonchev–Trinajstić information content (AvgIpc) is 2.74. The quantitative estimate of drug-likeness (QED) is 0.616. The molecule has 2 aliphatic rings. The number of piperazine rings is 1. The molecule has 19 heavy (non-hydrogen) atoms. The summed E-state index contributed by atoms with van der Waals surface area (Å²) in [6.45, 7) is 0.551. The topological polar surface area (TPSA) is 107 Å². The van der Waals surface area contributed by atoms with Gasteiger partial charge in [-0.1, -0.05) is 0 Å². The predicted octanol–water partition coefficient (Wildman–Crippen LogP) is -1.14. The lowest BCUT2D eigenvalue weighted by Crippen LogP contribution is -2.56. The Morgan fingerprint density at radius 3 is 2.42 bits per heavy atom. The standard InChI is InChI=1S/C11H15N3O5/c15-8-5-14(6-9(16)12-8)11(19)13-2-1-7(4-13)3-10(17)18/h7H,1-6H2,(H,17,18)(H,12,15,16). The number of aliphatic carboxylic acids is 1. The van der Waals surface area contributed by atoms with E-state index >= 15 is 0 Å². The monoisotopic (exact) mass is 269 g/mol. The number of carbonyl (C=O) groups is 4. The van der Waals surface area contributed by atoms with Crippen LogP contribution in [-0.2, 0) is 14.4 Å². The third kappa shape index (κ3) is 3.21. The average molecular weight is 269 g/mol. The van der Waals surface area contributed by atoms with Gasteiger partial charge in [0, 0.05) is 19.5 Å². The Kier molecular flexibility index (Phi) is 3.68. The first-order chi connectivity index (χ1) is 8.95. The number of nitrogens with zero attached hydrogens (tertiary/aromatic N) is 2. The van der Waals surface area contributed by atoms with E-state index in [1.807, 2.05) is 0 Å². The Hall–Kier alpha value is -2.12. The SMILES string of the molecule is O=C(O)CC1CCN(C(=O)N2CC(=O)NC(=O)C2)C1. The van der Waals surface area contributed by atoms with Crippen LogP contribution in [0.5, 0.6) is 0 Å². The van der Waals surface area contributed by atoms with Crippen LogP contribution in [0.15, 0.2) is 0 Å². The molecule has 4 amide bonds. The summed E-state index contributed by atoms with van der Waals surface area (Å²) in [7, 11) is 0. The molecule has 1 unspecified atom stereocenters. The molecule has 0 saturated carbocycles. The van der Waals surface area contributed by atoms with Crippen molar-refractivity contribution in [2.45, 2.75) is 12.8 Å². The fourth-order valence-electron chi connectivity index (χ4n) is 2.39. The summed E-state index contributed by atoms with van der Waals surface area (Å²) in [5.74, 6) is -1.93. The minimum Gasteiger partial charge on any atom is -0.481 e. The minimum absolute atomic E-state index is 0.0309. The number of urea groups is 1. The van der Waals surface area contributed by atoms with Crippen molar-refractivity contribution in [3.8, 4) is 0 Å². The van der Waals surface area contributed by atoms with Gasteiger partial charge in [-0.15, -0.1) is 0 Å². The van der Waals surface area contributed by atoms with Crippen LogP contribution in [0.2, 0.25) is 0 Å². The molecule has 2 heterocycles. The van der Waals surface area contributed by atoms with E-state index in [2.05, 4.69) is 5.32 Å². The van der Waals surface area contributed by atoms with Crippen LogP contribution in [0.3, 0.4) is 0 Å². The van der Waals surface area contributed by atoms with Crippen molar-refractivity contribution >= 4 is 23.8 Å². The van der Waals surface area contributed by atoms with Crippen molar-refractivity contribution in [3.63, 3.8) is 0 Å². The largest absolute Gasteiger partial charge is 0.481 e. The number of nitrogens with one attached hydrogen (secondary N) is 1. The van der Waals surface area contributed by atoms with Crippen LogP contribution >= 0.6 is 0 Å². The zero-order valence-electron chi connectivity index (χ0n) is 10.3. The van der Waals surface area contributed by atoms with Gasteiger partial charge in [0.25, 0.3) is 0 Å². The maximum Gasteiger partial charge on any atom is 0.320 e. The van der Waals surface area contributed by atoms with Crippen LogP contribution in [-0.4, -0.2) is 64.9 Å². The van der Waals surface area contributed by atoms with Gasteiger partial charge in [-0.05, 0) is 12.3 Å². The molecule has 2 rings (SSSR count). The maximum atomic E-state index is 12.1. The number of amides is 4. The molecule has 8 nitrogen and oxygen atoms in total. The molecule has 0 bridgehead atoms. The summed E-state index contributed by atoms with van der Waals surface area (Å²) in [6.07, 6.45) is 0.662. The van der Waals surface area contributed by atoms with Crippen molar-refractivity contribution in [2.24, 2.45) is 5.92 Å². The summed E-state index contributed by atoms with van der Waals surface area (Å²) in [6, 6.07) is -0.379. The lowest BCUT2D eigenvalue weighted by molar-refractivity contribution is -0.138. The molecule has 0 aromatic carbocycles. The molecule has 8 heteroatoms. The first-order valence-corrected chi connectivity index (χ1v) is 6.04. The van der Waals surface area contributed by atoms with Crippen LogP contribution in [0.25, 0.3) is 0 Å². The molecule has 2 aliphatic heterocycles. The second kappa shape index (κ2) is 5.25. The van der Waals surface area contributed by atoms with Crippen molar-refractivity contribution in [3.05, 3.63) is 0 Å². The molecule has 2 saturated heterocycles. The molecule has 1 atom stereocenters. The number of hydrogen-bond acceptors (Lipinski definition) is 4. The smallest absolute Gasteiger partial charge is 0.320 e. The van der Waals surface area contributed by atoms with E-state index in [-0.39, 0.29) is 31.5 Å². The van der Waals surface area contributed by atoms with E-state index in [4.69, 9.17) is 5.11 Å². The summed E-state index contributed by atoms with van der Waals surface area (Å²) < 4.78 is 0. The number of hydrogen-bond donors (Lipinski definition) is 2. The molecule has 0 aromatic heterocycles. The number of carbonyl (C=O) groups excluding carboxylic acids is 3. The summed E-state index contributed by atoms with van der Waals surface area (Å²) in [5, 5.41) is 10.8. The Balaban J connectivity index is 1.92. The number of carboxylic acid groups (broad SMARTS) is 1. The van der Waals surface area contributed by atoms with E-state index < -0.39 is 17.8 Å². The van der Waals surface area contributed by atoms with Gasteiger partial charge in [-0.2, -0.15) is 0 Å². The third-order valence-corrected chi connectivity index (χ3v) is 3.24. The lowest BCUT2D eigenvalue weighted by atomic mass is 10.1. The highest BCUT2D eigenvalue weighted by Gasteiger charge is 2.33. The molecule has 0 aliphatic carbocycles. The number of likely N-dealkylation sites (tertiary alicyclic amines) is 1. The number of rotatable bonds is 2. The Labute approximate surface area is 109 Å². The van der Waals surface area contributed by atoms with Gasteiger partial charge in [0.2, 0.25) is 11.8 Å². The molecule has 0 aromatic rings. The van der Waals surface area contributed by atoms with Crippen LogP contribution in [0, 0.1) is 5.92 Å². The molecule has 2 N–H and O–H groups in total. The first-order valence-electron chi connectivity index (χ1n) is 6.04. The molecule has 104 valence electrons. The van der Waals surface area contributed by atoms with Gasteiger partial charge in [0.1, 0.15) is 13.1 Å². The maximum absolute atomic E-state index is 12.1. The van der Waals surface area contributed by atoms with Crippen molar-refractivity contribution < 1.29 is 24.3 Å². The Bertz CT molecular complexity index is 420. The van der Waals surface area contributed by atoms with Gasteiger partial charge in [-0.3, -0.25) is 19.7 Å². The third-order valence-electron chi connectivity index (χ3n) is 3.24. The molecular weight excluding hydrogens is 254 g/mol. The van der Waals surface area contributed by atoms with Gasteiger partial charge in [-0.25, -0.2) is 4.79 Å². The number of imide groups is 1. The fourth-order valence-corrected chi connectivity index (χ4v) is 2.39. The van der Waals surface area contributed by atoms with E-state index in [0.29, 0.717) is 19.5 Å². The highest BCUT2D eigenvalue weighted by Crippen LogP contribution is 2.20. The highest BCUT2D eigenvalue weighted by atomic mass is 16.4. The van der Waals surface area contributed by atoms with Crippen molar-refractivity contribution in [2.75, 3.05) is 26.2 Å². The molecular formula is C11H15N3O5.